The number of rotatable bonds is 6. The fourth-order valence-corrected chi connectivity index (χ4v) is 4.75. The van der Waals surface area contributed by atoms with Crippen molar-refractivity contribution in [1.29, 1.82) is 0 Å². The molecule has 2 N–H and O–H groups in total. The minimum Gasteiger partial charge on any atom is -0.465 e. The van der Waals surface area contributed by atoms with Crippen LogP contribution in [0.3, 0.4) is 0 Å². The average molecular weight is 519 g/mol. The summed E-state index contributed by atoms with van der Waals surface area (Å²) in [6.07, 6.45) is -5.49. The fraction of sp³-hybridized carbons (Fsp3) is 0.682. The number of carbonyl (C=O) groups is 3. The molecule has 2 fully saturated rings. The minimum absolute atomic E-state index is 0.0593. The highest BCUT2D eigenvalue weighted by Crippen LogP contribution is 2.39. The van der Waals surface area contributed by atoms with Gasteiger partial charge in [0.15, 0.2) is 5.69 Å². The first-order chi connectivity index (χ1) is 16.8. The van der Waals surface area contributed by atoms with Crippen molar-refractivity contribution in [1.82, 2.24) is 25.1 Å². The number of likely N-dealkylation sites (tertiary alicyclic amines) is 1. The molecular formula is C22H26F5N5O4. The Balaban J connectivity index is 1.49. The summed E-state index contributed by atoms with van der Waals surface area (Å²) in [4.78, 5) is 46.5. The second-order valence-corrected chi connectivity index (χ2v) is 9.53. The molecule has 1 aliphatic carbocycles. The zero-order valence-corrected chi connectivity index (χ0v) is 19.3. The SMILES string of the molecule is O=C(O)N[C@@H](CC(=O)N1CCc2c(nc(C3CCC3)nc2C(F)(F)F)C1)CN1CC(F)(F)CCC1=O. The lowest BCUT2D eigenvalue weighted by Gasteiger charge is -2.35. The van der Waals surface area contributed by atoms with E-state index in [4.69, 9.17) is 5.11 Å². The highest BCUT2D eigenvalue weighted by Gasteiger charge is 2.42. The molecule has 0 bridgehead atoms. The van der Waals surface area contributed by atoms with Crippen LogP contribution in [0.4, 0.5) is 26.7 Å². The second kappa shape index (κ2) is 9.77. The zero-order chi connectivity index (χ0) is 26.3. The van der Waals surface area contributed by atoms with Crippen molar-refractivity contribution in [2.75, 3.05) is 19.6 Å². The lowest BCUT2D eigenvalue weighted by atomic mass is 9.84. The molecule has 1 atom stereocenters. The van der Waals surface area contributed by atoms with Gasteiger partial charge in [-0.2, -0.15) is 13.2 Å². The van der Waals surface area contributed by atoms with E-state index in [0.717, 1.165) is 11.3 Å². The van der Waals surface area contributed by atoms with Crippen LogP contribution in [-0.2, 0) is 28.7 Å². The maximum absolute atomic E-state index is 13.8. The van der Waals surface area contributed by atoms with Crippen molar-refractivity contribution < 1.29 is 41.4 Å². The van der Waals surface area contributed by atoms with E-state index in [0.29, 0.717) is 12.8 Å². The number of hydrogen-bond acceptors (Lipinski definition) is 5. The largest absolute Gasteiger partial charge is 0.465 e. The van der Waals surface area contributed by atoms with Crippen molar-refractivity contribution in [2.45, 2.75) is 75.5 Å². The summed E-state index contributed by atoms with van der Waals surface area (Å²) < 4.78 is 68.6. The van der Waals surface area contributed by atoms with Gasteiger partial charge in [-0.3, -0.25) is 9.59 Å². The minimum atomic E-state index is -4.67. The first kappa shape index (κ1) is 26.0. The van der Waals surface area contributed by atoms with Crippen molar-refractivity contribution >= 4 is 17.9 Å². The van der Waals surface area contributed by atoms with E-state index < -0.39 is 74.1 Å². The predicted octanol–water partition coefficient (Wildman–Crippen LogP) is 2.93. The van der Waals surface area contributed by atoms with Gasteiger partial charge < -0.3 is 20.2 Å². The molecule has 3 amide bonds. The smallest absolute Gasteiger partial charge is 0.433 e. The molecule has 3 heterocycles. The molecule has 1 aromatic heterocycles. The molecule has 0 unspecified atom stereocenters. The third-order valence-electron chi connectivity index (χ3n) is 6.84. The number of alkyl halides is 5. The number of piperidine rings is 1. The van der Waals surface area contributed by atoms with Crippen LogP contribution < -0.4 is 5.32 Å². The van der Waals surface area contributed by atoms with E-state index in [9.17, 15) is 36.3 Å². The summed E-state index contributed by atoms with van der Waals surface area (Å²) in [6.45, 7) is -1.58. The molecule has 1 saturated carbocycles. The van der Waals surface area contributed by atoms with Gasteiger partial charge in [-0.05, 0) is 19.3 Å². The number of fused-ring (bicyclic) bond motifs is 1. The standard InChI is InChI=1S/C22H26F5N5O4/c23-21(24)6-4-16(33)32(11-21)9-13(28-20(35)36)8-17(34)31-7-5-14-15(10-31)29-19(12-2-1-3-12)30-18(14)22(25,26)27/h12-13,28H,1-11H2,(H,35,36)/t13-/m0/s1. The van der Waals surface area contributed by atoms with Crippen LogP contribution in [0.2, 0.25) is 0 Å². The Hall–Kier alpha value is -3.06. The van der Waals surface area contributed by atoms with Gasteiger partial charge in [-0.15, -0.1) is 0 Å². The Morgan fingerprint density at radius 3 is 2.53 bits per heavy atom. The molecule has 1 aromatic rings. The molecular weight excluding hydrogens is 493 g/mol. The van der Waals surface area contributed by atoms with Crippen LogP contribution in [0.5, 0.6) is 0 Å². The number of halogens is 5. The van der Waals surface area contributed by atoms with Gasteiger partial charge in [0.2, 0.25) is 11.8 Å². The number of carboxylic acid groups (broad SMARTS) is 1. The molecule has 3 aliphatic rings. The van der Waals surface area contributed by atoms with Crippen LogP contribution in [-0.4, -0.2) is 74.4 Å². The van der Waals surface area contributed by atoms with Crippen molar-refractivity contribution in [3.63, 3.8) is 0 Å². The molecule has 0 spiro atoms. The van der Waals surface area contributed by atoms with Crippen LogP contribution in [0.1, 0.15) is 67.2 Å². The topological polar surface area (TPSA) is 116 Å². The van der Waals surface area contributed by atoms with E-state index in [1.54, 1.807) is 0 Å². The lowest BCUT2D eigenvalue weighted by Crippen LogP contribution is -2.53. The highest BCUT2D eigenvalue weighted by atomic mass is 19.4. The van der Waals surface area contributed by atoms with Gasteiger partial charge in [0, 0.05) is 43.8 Å². The number of nitrogens with one attached hydrogen (secondary N) is 1. The highest BCUT2D eigenvalue weighted by molar-refractivity contribution is 5.79. The summed E-state index contributed by atoms with van der Waals surface area (Å²) in [5.41, 5.74) is -0.945. The molecule has 4 rings (SSSR count). The van der Waals surface area contributed by atoms with Gasteiger partial charge >= 0.3 is 12.3 Å². The normalized spacial score (nSPS) is 21.0. The second-order valence-electron chi connectivity index (χ2n) is 9.53. The Morgan fingerprint density at radius 1 is 1.19 bits per heavy atom. The summed E-state index contributed by atoms with van der Waals surface area (Å²) in [5, 5.41) is 11.2. The number of carbonyl (C=O) groups excluding carboxylic acids is 2. The number of hydrogen-bond donors (Lipinski definition) is 2. The number of aromatic nitrogens is 2. The molecule has 2 aliphatic heterocycles. The van der Waals surface area contributed by atoms with Crippen molar-refractivity contribution in [2.24, 2.45) is 0 Å². The van der Waals surface area contributed by atoms with E-state index >= 15 is 0 Å². The zero-order valence-electron chi connectivity index (χ0n) is 19.3. The van der Waals surface area contributed by atoms with Crippen LogP contribution in [0.15, 0.2) is 0 Å². The van der Waals surface area contributed by atoms with Gasteiger partial charge in [0.05, 0.1) is 24.8 Å². The summed E-state index contributed by atoms with van der Waals surface area (Å²) >= 11 is 0. The van der Waals surface area contributed by atoms with Gasteiger partial charge in [0.25, 0.3) is 5.92 Å². The molecule has 9 nitrogen and oxygen atoms in total. The fourth-order valence-electron chi connectivity index (χ4n) is 4.75. The van der Waals surface area contributed by atoms with Crippen LogP contribution in [0, 0.1) is 0 Å². The summed E-state index contributed by atoms with van der Waals surface area (Å²) in [5.74, 6) is -4.33. The summed E-state index contributed by atoms with van der Waals surface area (Å²) in [6, 6.07) is -1.17. The molecule has 36 heavy (non-hydrogen) atoms. The van der Waals surface area contributed by atoms with Crippen molar-refractivity contribution in [3.05, 3.63) is 22.8 Å². The third kappa shape index (κ3) is 5.84. The van der Waals surface area contributed by atoms with Gasteiger partial charge in [-0.25, -0.2) is 23.5 Å². The Kier molecular flexibility index (Phi) is 7.06. The monoisotopic (exact) mass is 519 g/mol. The van der Waals surface area contributed by atoms with Crippen LogP contribution in [0.25, 0.3) is 0 Å². The van der Waals surface area contributed by atoms with E-state index in [2.05, 4.69) is 15.3 Å². The van der Waals surface area contributed by atoms with Crippen LogP contribution >= 0.6 is 0 Å². The first-order valence-electron chi connectivity index (χ1n) is 11.7. The Labute approximate surface area is 203 Å². The Bertz CT molecular complexity index is 1050. The van der Waals surface area contributed by atoms with E-state index in [-0.39, 0.29) is 42.5 Å². The van der Waals surface area contributed by atoms with E-state index in [1.807, 2.05) is 0 Å². The molecule has 0 aromatic carbocycles. The van der Waals surface area contributed by atoms with E-state index in [1.165, 1.54) is 4.90 Å². The molecule has 1 saturated heterocycles. The quantitative estimate of drug-likeness (QED) is 0.559. The molecule has 14 heteroatoms. The first-order valence-corrected chi connectivity index (χ1v) is 11.7. The summed E-state index contributed by atoms with van der Waals surface area (Å²) in [7, 11) is 0. The number of nitrogens with zero attached hydrogens (tertiary/aromatic N) is 4. The molecule has 0 radical (unpaired) electrons. The van der Waals surface area contributed by atoms with Gasteiger partial charge in [-0.1, -0.05) is 6.42 Å². The Morgan fingerprint density at radius 2 is 1.92 bits per heavy atom. The average Bonchev–Trinajstić information content (AvgIpc) is 2.72. The maximum atomic E-state index is 13.8. The predicted molar refractivity (Wildman–Crippen MR) is 113 cm³/mol. The maximum Gasteiger partial charge on any atom is 0.433 e. The third-order valence-corrected chi connectivity index (χ3v) is 6.84. The molecule has 198 valence electrons. The lowest BCUT2D eigenvalue weighted by molar-refractivity contribution is -0.148. The number of amides is 3. The van der Waals surface area contributed by atoms with Crippen molar-refractivity contribution in [3.8, 4) is 0 Å². The van der Waals surface area contributed by atoms with Gasteiger partial charge in [0.1, 0.15) is 5.82 Å².